The minimum Gasteiger partial charge on any atom is -0.399 e. The van der Waals surface area contributed by atoms with Crippen LogP contribution in [0.4, 0.5) is 5.69 Å². The summed E-state index contributed by atoms with van der Waals surface area (Å²) < 4.78 is 0.880. The molecule has 1 aromatic heterocycles. The third-order valence-electron chi connectivity index (χ3n) is 3.36. The van der Waals surface area contributed by atoms with Crippen molar-refractivity contribution >= 4 is 38.9 Å². The molecule has 0 spiro atoms. The van der Waals surface area contributed by atoms with Crippen molar-refractivity contribution < 1.29 is 4.79 Å². The van der Waals surface area contributed by atoms with Crippen LogP contribution in [0.5, 0.6) is 0 Å². The Bertz CT molecular complexity index is 636. The van der Waals surface area contributed by atoms with Crippen LogP contribution in [0, 0.1) is 0 Å². The number of carbonyl (C=O) groups excluding carboxylic acids is 1. The fraction of sp³-hybridized carbons (Fsp3) is 0.267. The Morgan fingerprint density at radius 1 is 1.40 bits per heavy atom. The highest BCUT2D eigenvalue weighted by molar-refractivity contribution is 9.10. The van der Waals surface area contributed by atoms with Gasteiger partial charge in [0.1, 0.15) is 4.88 Å². The molecule has 0 aliphatic heterocycles. The lowest BCUT2D eigenvalue weighted by Gasteiger charge is -2.22. The molecule has 0 saturated heterocycles. The monoisotopic (exact) mass is 350 g/mol. The van der Waals surface area contributed by atoms with Gasteiger partial charge in [-0.1, -0.05) is 12.1 Å². The smallest absolute Gasteiger partial charge is 0.265 e. The van der Waals surface area contributed by atoms with Gasteiger partial charge in [0.15, 0.2) is 0 Å². The molecule has 1 aliphatic carbocycles. The van der Waals surface area contributed by atoms with Crippen LogP contribution in [0.15, 0.2) is 40.2 Å². The largest absolute Gasteiger partial charge is 0.399 e. The minimum absolute atomic E-state index is 0.108. The van der Waals surface area contributed by atoms with Crippen molar-refractivity contribution in [3.8, 4) is 0 Å². The lowest BCUT2D eigenvalue weighted by atomic mass is 10.2. The van der Waals surface area contributed by atoms with E-state index in [0.717, 1.165) is 33.4 Å². The Kier molecular flexibility index (Phi) is 3.81. The Hall–Kier alpha value is -1.33. The Morgan fingerprint density at radius 3 is 2.80 bits per heavy atom. The number of amides is 1. The number of anilines is 1. The van der Waals surface area contributed by atoms with Gasteiger partial charge in [-0.05, 0) is 57.9 Å². The van der Waals surface area contributed by atoms with E-state index in [0.29, 0.717) is 12.6 Å². The summed E-state index contributed by atoms with van der Waals surface area (Å²) in [6.45, 7) is 0.624. The standard InChI is InChI=1S/C15H15BrN2OS/c16-13-6-7-20-14(13)15(19)18(12-4-5-12)9-10-2-1-3-11(17)8-10/h1-3,6-8,12H,4-5,9,17H2. The molecule has 1 heterocycles. The molecule has 0 atom stereocenters. The van der Waals surface area contributed by atoms with Gasteiger partial charge in [-0.2, -0.15) is 0 Å². The molecule has 1 aromatic carbocycles. The summed E-state index contributed by atoms with van der Waals surface area (Å²) in [4.78, 5) is 15.4. The molecule has 1 aliphatic rings. The first-order chi connectivity index (χ1) is 9.65. The van der Waals surface area contributed by atoms with E-state index in [4.69, 9.17) is 5.73 Å². The molecule has 3 nitrogen and oxygen atoms in total. The van der Waals surface area contributed by atoms with Crippen molar-refractivity contribution in [2.75, 3.05) is 5.73 Å². The second-order valence-corrected chi connectivity index (χ2v) is 6.78. The number of nitrogens with zero attached hydrogens (tertiary/aromatic N) is 1. The van der Waals surface area contributed by atoms with Crippen molar-refractivity contribution in [3.63, 3.8) is 0 Å². The molecule has 1 amide bonds. The molecule has 0 bridgehead atoms. The van der Waals surface area contributed by atoms with E-state index in [9.17, 15) is 4.79 Å². The molecule has 104 valence electrons. The van der Waals surface area contributed by atoms with E-state index >= 15 is 0 Å². The number of hydrogen-bond acceptors (Lipinski definition) is 3. The maximum Gasteiger partial charge on any atom is 0.265 e. The average molecular weight is 351 g/mol. The van der Waals surface area contributed by atoms with Gasteiger partial charge >= 0.3 is 0 Å². The van der Waals surface area contributed by atoms with Crippen LogP contribution in [-0.2, 0) is 6.54 Å². The van der Waals surface area contributed by atoms with Crippen LogP contribution >= 0.6 is 27.3 Å². The van der Waals surface area contributed by atoms with Gasteiger partial charge < -0.3 is 10.6 Å². The lowest BCUT2D eigenvalue weighted by Crippen LogP contribution is -2.32. The van der Waals surface area contributed by atoms with E-state index in [1.807, 2.05) is 40.6 Å². The highest BCUT2D eigenvalue weighted by atomic mass is 79.9. The zero-order valence-corrected chi connectivity index (χ0v) is 13.3. The SMILES string of the molecule is Nc1cccc(CN(C(=O)c2sccc2Br)C2CC2)c1. The highest BCUT2D eigenvalue weighted by Crippen LogP contribution is 2.33. The summed E-state index contributed by atoms with van der Waals surface area (Å²) in [5.74, 6) is 0.108. The molecule has 20 heavy (non-hydrogen) atoms. The number of hydrogen-bond donors (Lipinski definition) is 1. The van der Waals surface area contributed by atoms with E-state index in [1.54, 1.807) is 0 Å². The maximum atomic E-state index is 12.7. The van der Waals surface area contributed by atoms with Gasteiger partial charge in [0.25, 0.3) is 5.91 Å². The van der Waals surface area contributed by atoms with Gasteiger partial charge in [0.2, 0.25) is 0 Å². The summed E-state index contributed by atoms with van der Waals surface area (Å²) in [5, 5.41) is 1.93. The molecule has 1 saturated carbocycles. The fourth-order valence-electron chi connectivity index (χ4n) is 2.22. The van der Waals surface area contributed by atoms with Crippen molar-refractivity contribution in [2.45, 2.75) is 25.4 Å². The molecule has 5 heteroatoms. The first-order valence-electron chi connectivity index (χ1n) is 6.53. The lowest BCUT2D eigenvalue weighted by molar-refractivity contribution is 0.0734. The maximum absolute atomic E-state index is 12.7. The molecule has 2 N–H and O–H groups in total. The number of halogens is 1. The van der Waals surface area contributed by atoms with Crippen molar-refractivity contribution in [1.29, 1.82) is 0 Å². The van der Waals surface area contributed by atoms with Crippen LogP contribution in [0.25, 0.3) is 0 Å². The summed E-state index contributed by atoms with van der Waals surface area (Å²) in [6.07, 6.45) is 2.19. The summed E-state index contributed by atoms with van der Waals surface area (Å²) >= 11 is 4.93. The van der Waals surface area contributed by atoms with Gasteiger partial charge in [-0.3, -0.25) is 4.79 Å². The van der Waals surface area contributed by atoms with Crippen LogP contribution < -0.4 is 5.73 Å². The van der Waals surface area contributed by atoms with E-state index < -0.39 is 0 Å². The van der Waals surface area contributed by atoms with Crippen LogP contribution in [0.3, 0.4) is 0 Å². The zero-order valence-electron chi connectivity index (χ0n) is 10.9. The number of rotatable bonds is 4. The Morgan fingerprint density at radius 2 is 2.20 bits per heavy atom. The zero-order chi connectivity index (χ0) is 14.1. The topological polar surface area (TPSA) is 46.3 Å². The fourth-order valence-corrected chi connectivity index (χ4v) is 3.71. The number of benzene rings is 1. The second-order valence-electron chi connectivity index (χ2n) is 5.01. The first kappa shape index (κ1) is 13.6. The predicted octanol–water partition coefficient (Wildman–Crippen LogP) is 3.90. The van der Waals surface area contributed by atoms with Crippen molar-refractivity contribution in [1.82, 2.24) is 4.90 Å². The molecular formula is C15H15BrN2OS. The molecule has 0 unspecified atom stereocenters. The van der Waals surface area contributed by atoms with Gasteiger partial charge in [0, 0.05) is 22.7 Å². The summed E-state index contributed by atoms with van der Waals surface area (Å²) in [6, 6.07) is 10.0. The quantitative estimate of drug-likeness (QED) is 0.850. The number of carbonyl (C=O) groups is 1. The third-order valence-corrected chi connectivity index (χ3v) is 5.19. The molecule has 1 fully saturated rings. The Balaban J connectivity index is 1.83. The second kappa shape index (κ2) is 5.58. The van der Waals surface area contributed by atoms with Gasteiger partial charge in [-0.25, -0.2) is 0 Å². The minimum atomic E-state index is 0.108. The molecule has 2 aromatic rings. The van der Waals surface area contributed by atoms with Crippen LogP contribution in [0.1, 0.15) is 28.1 Å². The van der Waals surface area contributed by atoms with Gasteiger partial charge in [0.05, 0.1) is 0 Å². The van der Waals surface area contributed by atoms with Crippen LogP contribution in [-0.4, -0.2) is 16.8 Å². The number of thiophene rings is 1. The van der Waals surface area contributed by atoms with Crippen molar-refractivity contribution in [2.24, 2.45) is 0 Å². The predicted molar refractivity (Wildman–Crippen MR) is 85.8 cm³/mol. The molecular weight excluding hydrogens is 336 g/mol. The number of nitrogen functional groups attached to an aromatic ring is 1. The Labute approximate surface area is 130 Å². The third kappa shape index (κ3) is 2.88. The summed E-state index contributed by atoms with van der Waals surface area (Å²) in [7, 11) is 0. The van der Waals surface area contributed by atoms with Crippen LogP contribution in [0.2, 0.25) is 0 Å². The summed E-state index contributed by atoms with van der Waals surface area (Å²) in [5.41, 5.74) is 7.63. The van der Waals surface area contributed by atoms with E-state index in [1.165, 1.54) is 11.3 Å². The van der Waals surface area contributed by atoms with E-state index in [-0.39, 0.29) is 5.91 Å². The normalized spacial score (nSPS) is 14.2. The van der Waals surface area contributed by atoms with E-state index in [2.05, 4.69) is 15.9 Å². The first-order valence-corrected chi connectivity index (χ1v) is 8.21. The average Bonchev–Trinajstić information content (AvgIpc) is 3.17. The number of nitrogens with two attached hydrogens (primary N) is 1. The van der Waals surface area contributed by atoms with Gasteiger partial charge in [-0.15, -0.1) is 11.3 Å². The van der Waals surface area contributed by atoms with Crippen molar-refractivity contribution in [3.05, 3.63) is 50.6 Å². The molecule has 0 radical (unpaired) electrons. The molecule has 3 rings (SSSR count). The highest BCUT2D eigenvalue weighted by Gasteiger charge is 2.34.